The van der Waals surface area contributed by atoms with Crippen LogP contribution in [0.1, 0.15) is 25.7 Å². The highest BCUT2D eigenvalue weighted by atomic mass is 32.2. The summed E-state index contributed by atoms with van der Waals surface area (Å²) in [6.07, 6.45) is 5.34. The van der Waals surface area contributed by atoms with Gasteiger partial charge >= 0.3 is 0 Å². The van der Waals surface area contributed by atoms with Gasteiger partial charge < -0.3 is 4.90 Å². The Morgan fingerprint density at radius 1 is 1.12 bits per heavy atom. The molecule has 3 aliphatic rings. The molecule has 1 aliphatic heterocycles. The molecule has 8 heteroatoms. The lowest BCUT2D eigenvalue weighted by Crippen LogP contribution is -3.18. The average Bonchev–Trinajstić information content (AvgIpc) is 3.25. The Labute approximate surface area is 147 Å². The van der Waals surface area contributed by atoms with E-state index in [0.29, 0.717) is 19.1 Å². The first kappa shape index (κ1) is 16.9. The van der Waals surface area contributed by atoms with Gasteiger partial charge in [0.25, 0.3) is 5.69 Å². The third kappa shape index (κ3) is 2.96. The van der Waals surface area contributed by atoms with Gasteiger partial charge in [0.05, 0.1) is 37.1 Å². The second-order valence-electron chi connectivity index (χ2n) is 7.57. The van der Waals surface area contributed by atoms with E-state index in [1.165, 1.54) is 59.2 Å². The Kier molecular flexibility index (Phi) is 4.29. The number of rotatable bonds is 4. The quantitative estimate of drug-likeness (QED) is 0.627. The fourth-order valence-electron chi connectivity index (χ4n) is 5.09. The second kappa shape index (κ2) is 6.34. The number of hydrogen-bond donors (Lipinski definition) is 1. The van der Waals surface area contributed by atoms with Gasteiger partial charge in [0.1, 0.15) is 0 Å². The summed E-state index contributed by atoms with van der Waals surface area (Å²) in [4.78, 5) is 11.9. The van der Waals surface area contributed by atoms with Gasteiger partial charge in [0.15, 0.2) is 4.90 Å². The molecule has 3 atom stereocenters. The highest BCUT2D eigenvalue weighted by molar-refractivity contribution is 7.89. The lowest BCUT2D eigenvalue weighted by Gasteiger charge is -2.37. The summed E-state index contributed by atoms with van der Waals surface area (Å²) in [7, 11) is -3.82. The maximum atomic E-state index is 12.9. The highest BCUT2D eigenvalue weighted by Gasteiger charge is 2.46. The number of nitrogens with one attached hydrogen (secondary N) is 1. The first-order valence-corrected chi connectivity index (χ1v) is 10.5. The summed E-state index contributed by atoms with van der Waals surface area (Å²) in [5.74, 6) is 1.70. The van der Waals surface area contributed by atoms with Crippen molar-refractivity contribution in [3.8, 4) is 0 Å². The van der Waals surface area contributed by atoms with Crippen LogP contribution >= 0.6 is 0 Å². The van der Waals surface area contributed by atoms with Gasteiger partial charge in [-0.2, -0.15) is 4.31 Å². The molecule has 1 saturated heterocycles. The van der Waals surface area contributed by atoms with Gasteiger partial charge in [0.2, 0.25) is 10.0 Å². The SMILES string of the molecule is O=[N+]([O-])c1ccccc1S(=O)(=O)N1CC[NH+]([C@H]2C[C@@H]3CC[C@H]2C3)CC1. The molecule has 2 aliphatic carbocycles. The summed E-state index contributed by atoms with van der Waals surface area (Å²) in [6.45, 7) is 2.48. The number of nitro benzene ring substituents is 1. The molecule has 25 heavy (non-hydrogen) atoms. The van der Waals surface area contributed by atoms with Crippen LogP contribution in [0.5, 0.6) is 0 Å². The van der Waals surface area contributed by atoms with Crippen LogP contribution in [0, 0.1) is 22.0 Å². The predicted molar refractivity (Wildman–Crippen MR) is 91.8 cm³/mol. The second-order valence-corrected chi connectivity index (χ2v) is 9.47. The van der Waals surface area contributed by atoms with Crippen LogP contribution in [0.3, 0.4) is 0 Å². The molecule has 7 nitrogen and oxygen atoms in total. The van der Waals surface area contributed by atoms with Gasteiger partial charge in [-0.25, -0.2) is 8.42 Å². The van der Waals surface area contributed by atoms with Crippen LogP contribution in [0.4, 0.5) is 5.69 Å². The Hall–Kier alpha value is -1.51. The van der Waals surface area contributed by atoms with E-state index in [2.05, 4.69) is 0 Å². The van der Waals surface area contributed by atoms with Crippen molar-refractivity contribution < 1.29 is 18.2 Å². The van der Waals surface area contributed by atoms with Gasteiger partial charge in [0, 0.05) is 18.4 Å². The minimum Gasteiger partial charge on any atom is -0.330 e. The number of para-hydroxylation sites is 1. The molecule has 1 aromatic carbocycles. The van der Waals surface area contributed by atoms with E-state index in [0.717, 1.165) is 24.9 Å². The largest absolute Gasteiger partial charge is 0.330 e. The summed E-state index contributed by atoms with van der Waals surface area (Å²) >= 11 is 0. The third-order valence-corrected chi connectivity index (χ3v) is 8.25. The molecule has 0 aromatic heterocycles. The first-order valence-electron chi connectivity index (χ1n) is 9.05. The molecule has 4 rings (SSSR count). The Bertz CT molecular complexity index is 774. The van der Waals surface area contributed by atoms with E-state index in [-0.39, 0.29) is 10.6 Å². The standard InChI is InChI=1S/C17H23N3O4S/c21-20(22)15-3-1-2-4-17(15)25(23,24)19-9-7-18(8-10-19)16-12-13-5-6-14(16)11-13/h1-4,13-14,16H,5-12H2/p+1/t13-,14+,16+/m1/s1. The minimum atomic E-state index is -3.82. The van der Waals surface area contributed by atoms with Crippen LogP contribution in [0.25, 0.3) is 0 Å². The van der Waals surface area contributed by atoms with E-state index < -0.39 is 14.9 Å². The molecule has 1 heterocycles. The smallest absolute Gasteiger partial charge is 0.289 e. The van der Waals surface area contributed by atoms with Crippen LogP contribution < -0.4 is 4.90 Å². The number of sulfonamides is 1. The summed E-state index contributed by atoms with van der Waals surface area (Å²) in [5.41, 5.74) is -0.342. The van der Waals surface area contributed by atoms with E-state index in [1.54, 1.807) is 0 Å². The molecule has 3 fully saturated rings. The van der Waals surface area contributed by atoms with Crippen molar-refractivity contribution in [2.45, 2.75) is 36.6 Å². The number of nitro groups is 1. The molecule has 2 bridgehead atoms. The summed E-state index contributed by atoms with van der Waals surface area (Å²) in [6, 6.07) is 6.31. The molecule has 136 valence electrons. The van der Waals surface area contributed by atoms with E-state index in [4.69, 9.17) is 0 Å². The maximum absolute atomic E-state index is 12.9. The van der Waals surface area contributed by atoms with Crippen LogP contribution in [0.15, 0.2) is 29.2 Å². The van der Waals surface area contributed by atoms with Gasteiger partial charge in [-0.15, -0.1) is 0 Å². The number of hydrogen-bond acceptors (Lipinski definition) is 4. The van der Waals surface area contributed by atoms with E-state index in [9.17, 15) is 18.5 Å². The van der Waals surface area contributed by atoms with Crippen molar-refractivity contribution >= 4 is 15.7 Å². The number of fused-ring (bicyclic) bond motifs is 2. The first-order chi connectivity index (χ1) is 12.0. The fourth-order valence-corrected chi connectivity index (χ4v) is 6.69. The lowest BCUT2D eigenvalue weighted by molar-refractivity contribution is -0.932. The Morgan fingerprint density at radius 3 is 2.44 bits per heavy atom. The molecule has 0 spiro atoms. The summed E-state index contributed by atoms with van der Waals surface area (Å²) < 4.78 is 27.2. The van der Waals surface area contributed by atoms with Gasteiger partial charge in [-0.05, 0) is 31.2 Å². The Morgan fingerprint density at radius 2 is 1.84 bits per heavy atom. The van der Waals surface area contributed by atoms with Crippen molar-refractivity contribution in [2.75, 3.05) is 26.2 Å². The minimum absolute atomic E-state index is 0.191. The van der Waals surface area contributed by atoms with Crippen LogP contribution in [-0.4, -0.2) is 49.9 Å². The topological polar surface area (TPSA) is 85.0 Å². The molecule has 1 N–H and O–H groups in total. The molecule has 0 radical (unpaired) electrons. The molecule has 2 saturated carbocycles. The molecular weight excluding hydrogens is 342 g/mol. The molecular formula is C17H24N3O4S+. The normalized spacial score (nSPS) is 30.6. The van der Waals surface area contributed by atoms with Crippen LogP contribution in [-0.2, 0) is 10.0 Å². The van der Waals surface area contributed by atoms with Gasteiger partial charge in [-0.1, -0.05) is 12.1 Å². The number of quaternary nitrogens is 1. The molecule has 0 unspecified atom stereocenters. The maximum Gasteiger partial charge on any atom is 0.289 e. The monoisotopic (exact) mass is 366 g/mol. The average molecular weight is 366 g/mol. The number of piperazine rings is 1. The fraction of sp³-hybridized carbons (Fsp3) is 0.647. The lowest BCUT2D eigenvalue weighted by atomic mass is 9.93. The zero-order chi connectivity index (χ0) is 17.6. The summed E-state index contributed by atoms with van der Waals surface area (Å²) in [5, 5.41) is 11.2. The zero-order valence-corrected chi connectivity index (χ0v) is 15.0. The van der Waals surface area contributed by atoms with Crippen molar-refractivity contribution in [1.29, 1.82) is 0 Å². The molecule has 1 aromatic rings. The zero-order valence-electron chi connectivity index (χ0n) is 14.1. The highest BCUT2D eigenvalue weighted by Crippen LogP contribution is 2.43. The van der Waals surface area contributed by atoms with Gasteiger partial charge in [-0.3, -0.25) is 10.1 Å². The van der Waals surface area contributed by atoms with Crippen molar-refractivity contribution in [2.24, 2.45) is 11.8 Å². The van der Waals surface area contributed by atoms with E-state index in [1.807, 2.05) is 0 Å². The van der Waals surface area contributed by atoms with Crippen molar-refractivity contribution in [3.05, 3.63) is 34.4 Å². The Balaban J connectivity index is 1.48. The third-order valence-electron chi connectivity index (χ3n) is 6.31. The predicted octanol–water partition coefficient (Wildman–Crippen LogP) is 0.673. The van der Waals surface area contributed by atoms with Crippen molar-refractivity contribution in [1.82, 2.24) is 4.31 Å². The van der Waals surface area contributed by atoms with Crippen LogP contribution in [0.2, 0.25) is 0 Å². The van der Waals surface area contributed by atoms with Crippen molar-refractivity contribution in [3.63, 3.8) is 0 Å². The number of benzene rings is 1. The van der Waals surface area contributed by atoms with E-state index >= 15 is 0 Å². The number of nitrogens with zero attached hydrogens (tertiary/aromatic N) is 2. The molecule has 0 amide bonds.